The zero-order valence-electron chi connectivity index (χ0n) is 13.8. The fraction of sp³-hybridized carbons (Fsp3) is 0.167. The molecule has 0 bridgehead atoms. The number of hydrogen-bond donors (Lipinski definition) is 1. The van der Waals surface area contributed by atoms with Crippen LogP contribution in [0.1, 0.15) is 12.0 Å². The number of hydrogen-bond acceptors (Lipinski definition) is 5. The van der Waals surface area contributed by atoms with Gasteiger partial charge in [-0.1, -0.05) is 47.1 Å². The van der Waals surface area contributed by atoms with Crippen LogP contribution in [0.5, 0.6) is 0 Å². The fourth-order valence-electron chi connectivity index (χ4n) is 2.22. The first-order chi connectivity index (χ1) is 12.5. The maximum absolute atomic E-state index is 12.0. The van der Waals surface area contributed by atoms with E-state index in [0.717, 1.165) is 11.3 Å². The Morgan fingerprint density at radius 3 is 2.81 bits per heavy atom. The second kappa shape index (κ2) is 8.58. The van der Waals surface area contributed by atoms with Crippen molar-refractivity contribution in [3.8, 4) is 11.5 Å². The van der Waals surface area contributed by atoms with E-state index in [4.69, 9.17) is 27.6 Å². The largest absolute Gasteiger partial charge is 0.411 e. The van der Waals surface area contributed by atoms with E-state index in [2.05, 4.69) is 15.5 Å². The lowest BCUT2D eigenvalue weighted by Crippen LogP contribution is -2.12. The number of nitrogens with one attached hydrogen (secondary N) is 1. The van der Waals surface area contributed by atoms with Crippen molar-refractivity contribution in [2.24, 2.45) is 0 Å². The van der Waals surface area contributed by atoms with Crippen molar-refractivity contribution >= 4 is 46.6 Å². The molecular formula is C18H15Cl2N3O2S. The highest BCUT2D eigenvalue weighted by Crippen LogP contribution is 2.31. The van der Waals surface area contributed by atoms with Crippen LogP contribution in [0, 0.1) is 6.92 Å². The average molecular weight is 408 g/mol. The van der Waals surface area contributed by atoms with Crippen molar-refractivity contribution in [2.75, 3.05) is 11.1 Å². The molecule has 3 rings (SSSR count). The lowest BCUT2D eigenvalue weighted by molar-refractivity contribution is -0.115. The van der Waals surface area contributed by atoms with Crippen LogP contribution in [0.15, 0.2) is 52.1 Å². The average Bonchev–Trinajstić information content (AvgIpc) is 3.03. The van der Waals surface area contributed by atoms with Crippen molar-refractivity contribution < 1.29 is 9.21 Å². The van der Waals surface area contributed by atoms with Gasteiger partial charge in [-0.15, -0.1) is 10.2 Å². The van der Waals surface area contributed by atoms with Gasteiger partial charge in [0.15, 0.2) is 0 Å². The minimum atomic E-state index is -0.0661. The summed E-state index contributed by atoms with van der Waals surface area (Å²) >= 11 is 13.3. The number of thioether (sulfide) groups is 1. The van der Waals surface area contributed by atoms with E-state index in [1.54, 1.807) is 18.2 Å². The van der Waals surface area contributed by atoms with Gasteiger partial charge < -0.3 is 9.73 Å². The molecule has 0 aliphatic carbocycles. The molecule has 3 aromatic rings. The van der Waals surface area contributed by atoms with Gasteiger partial charge in [-0.3, -0.25) is 4.79 Å². The highest BCUT2D eigenvalue weighted by atomic mass is 35.5. The molecule has 134 valence electrons. The Morgan fingerprint density at radius 1 is 1.19 bits per heavy atom. The molecule has 0 saturated heterocycles. The van der Waals surface area contributed by atoms with Gasteiger partial charge in [0.1, 0.15) is 0 Å². The summed E-state index contributed by atoms with van der Waals surface area (Å²) in [6.07, 6.45) is 0.331. The quantitative estimate of drug-likeness (QED) is 0.548. The minimum absolute atomic E-state index is 0.0661. The van der Waals surface area contributed by atoms with Crippen LogP contribution in [-0.2, 0) is 4.79 Å². The first-order valence-corrected chi connectivity index (χ1v) is 9.53. The Kier molecular flexibility index (Phi) is 6.19. The molecule has 0 radical (unpaired) electrons. The maximum Gasteiger partial charge on any atom is 0.276 e. The predicted molar refractivity (Wildman–Crippen MR) is 105 cm³/mol. The third-order valence-electron chi connectivity index (χ3n) is 3.42. The summed E-state index contributed by atoms with van der Waals surface area (Å²) in [4.78, 5) is 12.0. The van der Waals surface area contributed by atoms with Crippen LogP contribution < -0.4 is 5.32 Å². The summed E-state index contributed by atoms with van der Waals surface area (Å²) in [6, 6.07) is 12.7. The Hall–Kier alpha value is -2.02. The topological polar surface area (TPSA) is 68.0 Å². The molecule has 1 heterocycles. The smallest absolute Gasteiger partial charge is 0.276 e. The highest BCUT2D eigenvalue weighted by molar-refractivity contribution is 7.99. The first-order valence-electron chi connectivity index (χ1n) is 7.79. The van der Waals surface area contributed by atoms with Gasteiger partial charge >= 0.3 is 0 Å². The summed E-state index contributed by atoms with van der Waals surface area (Å²) in [6.45, 7) is 1.98. The molecule has 0 spiro atoms. The van der Waals surface area contributed by atoms with Crippen LogP contribution >= 0.6 is 35.0 Å². The highest BCUT2D eigenvalue weighted by Gasteiger charge is 2.13. The molecule has 1 amide bonds. The van der Waals surface area contributed by atoms with Crippen molar-refractivity contribution in [3.63, 3.8) is 0 Å². The van der Waals surface area contributed by atoms with Gasteiger partial charge in [-0.2, -0.15) is 0 Å². The molecule has 0 atom stereocenters. The molecule has 2 aromatic carbocycles. The predicted octanol–water partition coefficient (Wildman–Crippen LogP) is 5.47. The van der Waals surface area contributed by atoms with Crippen LogP contribution in [0.25, 0.3) is 11.5 Å². The van der Waals surface area contributed by atoms with Gasteiger partial charge in [0, 0.05) is 22.9 Å². The van der Waals surface area contributed by atoms with Gasteiger partial charge in [-0.05, 0) is 42.8 Å². The zero-order valence-corrected chi connectivity index (χ0v) is 16.2. The lowest BCUT2D eigenvalue weighted by atomic mass is 10.2. The Balaban J connectivity index is 1.52. The molecule has 0 saturated carbocycles. The molecule has 0 unspecified atom stereocenters. The molecule has 0 aliphatic heterocycles. The molecule has 0 fully saturated rings. The number of aromatic nitrogens is 2. The molecular weight excluding hydrogens is 393 g/mol. The summed E-state index contributed by atoms with van der Waals surface area (Å²) in [5, 5.41) is 12.2. The van der Waals surface area contributed by atoms with Crippen molar-refractivity contribution in [1.29, 1.82) is 0 Å². The molecule has 1 aromatic heterocycles. The Morgan fingerprint density at radius 2 is 2.04 bits per heavy atom. The van der Waals surface area contributed by atoms with Gasteiger partial charge in [-0.25, -0.2) is 0 Å². The lowest BCUT2D eigenvalue weighted by Gasteiger charge is -2.05. The molecule has 8 heteroatoms. The number of benzene rings is 2. The SMILES string of the molecule is Cc1cccc(NC(=O)CCSc2nnc(-c3ccc(Cl)cc3Cl)o2)c1. The number of carbonyl (C=O) groups is 1. The summed E-state index contributed by atoms with van der Waals surface area (Å²) in [5.41, 5.74) is 2.50. The van der Waals surface area contributed by atoms with Crippen molar-refractivity contribution in [3.05, 3.63) is 58.1 Å². The van der Waals surface area contributed by atoms with E-state index in [-0.39, 0.29) is 5.91 Å². The van der Waals surface area contributed by atoms with Crippen LogP contribution in [-0.4, -0.2) is 21.9 Å². The van der Waals surface area contributed by atoms with E-state index >= 15 is 0 Å². The number of halogens is 2. The summed E-state index contributed by atoms with van der Waals surface area (Å²) in [5.74, 6) is 0.773. The molecule has 5 nitrogen and oxygen atoms in total. The summed E-state index contributed by atoms with van der Waals surface area (Å²) in [7, 11) is 0. The third kappa shape index (κ3) is 5.00. The van der Waals surface area contributed by atoms with Gasteiger partial charge in [0.2, 0.25) is 11.8 Å². The van der Waals surface area contributed by atoms with Crippen molar-refractivity contribution in [2.45, 2.75) is 18.6 Å². The number of amides is 1. The Bertz CT molecular complexity index is 930. The number of nitrogens with zero attached hydrogens (tertiary/aromatic N) is 2. The van der Waals surface area contributed by atoms with E-state index < -0.39 is 0 Å². The maximum atomic E-state index is 12.0. The van der Waals surface area contributed by atoms with Crippen LogP contribution in [0.4, 0.5) is 5.69 Å². The van der Waals surface area contributed by atoms with Gasteiger partial charge in [0.25, 0.3) is 5.22 Å². The number of carbonyl (C=O) groups excluding carboxylic acids is 1. The number of aryl methyl sites for hydroxylation is 1. The second-order valence-corrected chi connectivity index (χ2v) is 7.40. The van der Waals surface area contributed by atoms with Gasteiger partial charge in [0.05, 0.1) is 10.6 Å². The monoisotopic (exact) mass is 407 g/mol. The standard InChI is InChI=1S/C18H15Cl2N3O2S/c1-11-3-2-4-13(9-11)21-16(24)7-8-26-18-23-22-17(25-18)14-6-5-12(19)10-15(14)20/h2-6,9-10H,7-8H2,1H3,(H,21,24). The van der Waals surface area contributed by atoms with E-state index in [1.165, 1.54) is 11.8 Å². The van der Waals surface area contributed by atoms with Crippen LogP contribution in [0.2, 0.25) is 10.0 Å². The van der Waals surface area contributed by atoms with Crippen LogP contribution in [0.3, 0.4) is 0 Å². The van der Waals surface area contributed by atoms with E-state index in [9.17, 15) is 4.79 Å². The Labute approximate surface area is 165 Å². The molecule has 1 N–H and O–H groups in total. The third-order valence-corrected chi connectivity index (χ3v) is 4.79. The zero-order chi connectivity index (χ0) is 18.5. The molecule has 26 heavy (non-hydrogen) atoms. The molecule has 0 aliphatic rings. The first kappa shape index (κ1) is 18.8. The number of anilines is 1. The summed E-state index contributed by atoms with van der Waals surface area (Å²) < 4.78 is 5.59. The second-order valence-electron chi connectivity index (χ2n) is 5.51. The van der Waals surface area contributed by atoms with Crippen molar-refractivity contribution in [1.82, 2.24) is 10.2 Å². The normalized spacial score (nSPS) is 10.7. The number of rotatable bonds is 6. The fourth-order valence-corrected chi connectivity index (χ4v) is 3.41. The minimum Gasteiger partial charge on any atom is -0.411 e. The van der Waals surface area contributed by atoms with E-state index in [1.807, 2.05) is 31.2 Å². The van der Waals surface area contributed by atoms with E-state index in [0.29, 0.717) is 38.9 Å².